The largest absolute Gasteiger partial charge is 0.234 e. The standard InChI is InChI=1S/C12H8BrClO2S2/c13-9-1-5-11(6-2-9)17-18(15,16)12-7-3-10(14)4-8-12/h1-8H. The lowest BCUT2D eigenvalue weighted by molar-refractivity contribution is 0.610. The van der Waals surface area contributed by atoms with Gasteiger partial charge in [0.25, 0.3) is 0 Å². The molecule has 2 aromatic rings. The van der Waals surface area contributed by atoms with E-state index in [-0.39, 0.29) is 4.90 Å². The van der Waals surface area contributed by atoms with Gasteiger partial charge in [0.2, 0.25) is 8.87 Å². The summed E-state index contributed by atoms with van der Waals surface area (Å²) in [5, 5.41) is 0.516. The Morgan fingerprint density at radius 3 is 2.06 bits per heavy atom. The van der Waals surface area contributed by atoms with Crippen molar-refractivity contribution in [3.05, 3.63) is 58.0 Å². The molecule has 0 amide bonds. The summed E-state index contributed by atoms with van der Waals surface area (Å²) in [7, 11) is -2.58. The summed E-state index contributed by atoms with van der Waals surface area (Å²) in [6.45, 7) is 0. The Balaban J connectivity index is 2.27. The van der Waals surface area contributed by atoms with Gasteiger partial charge in [-0.1, -0.05) is 27.5 Å². The van der Waals surface area contributed by atoms with Crippen LogP contribution in [0.5, 0.6) is 0 Å². The van der Waals surface area contributed by atoms with Crippen molar-refractivity contribution in [1.82, 2.24) is 0 Å². The summed E-state index contributed by atoms with van der Waals surface area (Å²) in [5.41, 5.74) is 0. The summed E-state index contributed by atoms with van der Waals surface area (Å²) in [4.78, 5) is 0.924. The van der Waals surface area contributed by atoms with Gasteiger partial charge in [0.05, 0.1) is 4.90 Å². The highest BCUT2D eigenvalue weighted by Crippen LogP contribution is 2.31. The predicted molar refractivity (Wildman–Crippen MR) is 78.6 cm³/mol. The third-order valence-corrected chi connectivity index (χ3v) is 6.25. The van der Waals surface area contributed by atoms with E-state index in [2.05, 4.69) is 15.9 Å². The highest BCUT2D eigenvalue weighted by Gasteiger charge is 2.16. The molecular weight excluding hydrogens is 356 g/mol. The molecule has 0 bridgehead atoms. The van der Waals surface area contributed by atoms with Crippen molar-refractivity contribution in [2.75, 3.05) is 0 Å². The SMILES string of the molecule is O=S(=O)(Sc1ccc(Br)cc1)c1ccc(Cl)cc1. The smallest absolute Gasteiger partial charge is 0.212 e. The van der Waals surface area contributed by atoms with E-state index in [1.807, 2.05) is 0 Å². The molecule has 18 heavy (non-hydrogen) atoms. The van der Waals surface area contributed by atoms with Crippen molar-refractivity contribution >= 4 is 47.2 Å². The molecule has 0 spiro atoms. The lowest BCUT2D eigenvalue weighted by Crippen LogP contribution is -1.94. The molecular formula is C12H8BrClO2S2. The van der Waals surface area contributed by atoms with Crippen molar-refractivity contribution in [3.63, 3.8) is 0 Å². The van der Waals surface area contributed by atoms with E-state index in [9.17, 15) is 8.42 Å². The second-order valence-corrected chi connectivity index (χ2v) is 8.63. The van der Waals surface area contributed by atoms with Crippen LogP contribution in [0, 0.1) is 0 Å². The fraction of sp³-hybridized carbons (Fsp3) is 0. The van der Waals surface area contributed by atoms with Crippen molar-refractivity contribution in [2.24, 2.45) is 0 Å². The highest BCUT2D eigenvalue weighted by atomic mass is 79.9. The van der Waals surface area contributed by atoms with E-state index in [1.54, 1.807) is 36.4 Å². The molecule has 0 aliphatic heterocycles. The van der Waals surface area contributed by atoms with Crippen LogP contribution in [0.4, 0.5) is 0 Å². The van der Waals surface area contributed by atoms with E-state index in [0.29, 0.717) is 9.92 Å². The van der Waals surface area contributed by atoms with Crippen molar-refractivity contribution < 1.29 is 8.42 Å². The molecule has 2 nitrogen and oxygen atoms in total. The summed E-state index contributed by atoms with van der Waals surface area (Å²) in [6.07, 6.45) is 0. The monoisotopic (exact) mass is 362 g/mol. The normalized spacial score (nSPS) is 11.4. The molecule has 0 radical (unpaired) electrons. The summed E-state index contributed by atoms with van der Waals surface area (Å²) in [6, 6.07) is 13.3. The Labute approximate surface area is 123 Å². The summed E-state index contributed by atoms with van der Waals surface area (Å²) < 4.78 is 25.1. The van der Waals surface area contributed by atoms with Gasteiger partial charge in [-0.15, -0.1) is 0 Å². The van der Waals surface area contributed by atoms with Gasteiger partial charge < -0.3 is 0 Å². The molecule has 2 aromatic carbocycles. The zero-order valence-electron chi connectivity index (χ0n) is 9.01. The molecule has 0 atom stereocenters. The Bertz CT molecular complexity index is 637. The lowest BCUT2D eigenvalue weighted by atomic mass is 10.4. The second-order valence-electron chi connectivity index (χ2n) is 3.45. The summed E-state index contributed by atoms with van der Waals surface area (Å²) >= 11 is 9.04. The van der Waals surface area contributed by atoms with E-state index in [4.69, 9.17) is 11.6 Å². The van der Waals surface area contributed by atoms with Crippen LogP contribution in [0.3, 0.4) is 0 Å². The van der Waals surface area contributed by atoms with E-state index in [0.717, 1.165) is 15.3 Å². The van der Waals surface area contributed by atoms with Gasteiger partial charge >= 0.3 is 0 Å². The fourth-order valence-corrected chi connectivity index (χ4v) is 4.44. The Hall–Kier alpha value is -0.490. The van der Waals surface area contributed by atoms with Crippen LogP contribution in [0.15, 0.2) is 62.8 Å². The van der Waals surface area contributed by atoms with Crippen LogP contribution in [0.2, 0.25) is 5.02 Å². The average molecular weight is 364 g/mol. The Morgan fingerprint density at radius 2 is 1.50 bits per heavy atom. The predicted octanol–water partition coefficient (Wildman–Crippen LogP) is 4.58. The van der Waals surface area contributed by atoms with Gasteiger partial charge in [-0.3, -0.25) is 0 Å². The molecule has 0 saturated heterocycles. The molecule has 0 heterocycles. The number of rotatable bonds is 3. The molecule has 0 unspecified atom stereocenters. The quantitative estimate of drug-likeness (QED) is 0.748. The first-order chi connectivity index (χ1) is 8.47. The van der Waals surface area contributed by atoms with Gasteiger partial charge in [-0.2, -0.15) is 0 Å². The van der Waals surface area contributed by atoms with Crippen molar-refractivity contribution in [3.8, 4) is 0 Å². The number of hydrogen-bond acceptors (Lipinski definition) is 3. The van der Waals surface area contributed by atoms with Gasteiger partial charge in [-0.25, -0.2) is 8.42 Å². The minimum atomic E-state index is -3.40. The summed E-state index contributed by atoms with van der Waals surface area (Å²) in [5.74, 6) is 0. The van der Waals surface area contributed by atoms with E-state index >= 15 is 0 Å². The maximum Gasteiger partial charge on any atom is 0.234 e. The first-order valence-electron chi connectivity index (χ1n) is 4.93. The van der Waals surface area contributed by atoms with Gasteiger partial charge in [0.1, 0.15) is 0 Å². The molecule has 6 heteroatoms. The molecule has 2 rings (SSSR count). The van der Waals surface area contributed by atoms with Crippen LogP contribution in [0.1, 0.15) is 0 Å². The lowest BCUT2D eigenvalue weighted by Gasteiger charge is -2.04. The first-order valence-corrected chi connectivity index (χ1v) is 8.92. The second kappa shape index (κ2) is 5.65. The van der Waals surface area contributed by atoms with Crippen LogP contribution >= 0.6 is 38.3 Å². The minimum Gasteiger partial charge on any atom is -0.212 e. The molecule has 0 fully saturated rings. The number of halogens is 2. The third kappa shape index (κ3) is 3.51. The maximum atomic E-state index is 12.1. The number of benzene rings is 2. The van der Waals surface area contributed by atoms with Crippen LogP contribution < -0.4 is 0 Å². The number of hydrogen-bond donors (Lipinski definition) is 0. The molecule has 94 valence electrons. The zero-order chi connectivity index (χ0) is 13.2. The van der Waals surface area contributed by atoms with Crippen molar-refractivity contribution in [1.29, 1.82) is 0 Å². The first kappa shape index (κ1) is 13.9. The fourth-order valence-electron chi connectivity index (χ4n) is 1.27. The van der Waals surface area contributed by atoms with Crippen molar-refractivity contribution in [2.45, 2.75) is 9.79 Å². The van der Waals surface area contributed by atoms with E-state index in [1.165, 1.54) is 12.1 Å². The van der Waals surface area contributed by atoms with Gasteiger partial charge in [0.15, 0.2) is 0 Å². The van der Waals surface area contributed by atoms with Crippen LogP contribution in [0.25, 0.3) is 0 Å². The molecule has 0 N–H and O–H groups in total. The third-order valence-electron chi connectivity index (χ3n) is 2.12. The van der Waals surface area contributed by atoms with E-state index < -0.39 is 8.87 Å². The highest BCUT2D eigenvalue weighted by molar-refractivity contribution is 9.10. The molecule has 0 saturated carbocycles. The molecule has 0 aromatic heterocycles. The average Bonchev–Trinajstić information content (AvgIpc) is 2.32. The zero-order valence-corrected chi connectivity index (χ0v) is 13.0. The molecule has 0 aliphatic rings. The van der Waals surface area contributed by atoms with Gasteiger partial charge in [-0.05, 0) is 48.5 Å². The van der Waals surface area contributed by atoms with Gasteiger partial charge in [0, 0.05) is 25.2 Å². The van der Waals surface area contributed by atoms with Crippen LogP contribution in [-0.2, 0) is 8.87 Å². The Morgan fingerprint density at radius 1 is 0.944 bits per heavy atom. The maximum absolute atomic E-state index is 12.1. The topological polar surface area (TPSA) is 34.1 Å². The molecule has 0 aliphatic carbocycles. The van der Waals surface area contributed by atoms with Crippen LogP contribution in [-0.4, -0.2) is 8.42 Å². The Kier molecular flexibility index (Phi) is 4.37. The minimum absolute atomic E-state index is 0.250.